The second kappa shape index (κ2) is 4.48. The van der Waals surface area contributed by atoms with E-state index in [1.54, 1.807) is 6.07 Å². The molecule has 0 aromatic carbocycles. The number of nitriles is 1. The Hall–Kier alpha value is -1.63. The summed E-state index contributed by atoms with van der Waals surface area (Å²) in [6.45, 7) is 4.96. The molecule has 2 N–H and O–H groups in total. The van der Waals surface area contributed by atoms with E-state index in [0.29, 0.717) is 5.69 Å². The fraction of sp³-hybridized carbons (Fsp3) is 0.583. The molecule has 0 atom stereocenters. The van der Waals surface area contributed by atoms with Crippen LogP contribution in [0.4, 0.5) is 11.5 Å². The molecule has 1 saturated heterocycles. The molecule has 86 valence electrons. The van der Waals surface area contributed by atoms with Crippen LogP contribution in [-0.4, -0.2) is 17.7 Å². The van der Waals surface area contributed by atoms with E-state index in [2.05, 4.69) is 11.0 Å². The van der Waals surface area contributed by atoms with Crippen LogP contribution in [-0.2, 0) is 6.54 Å². The molecule has 4 heteroatoms. The summed E-state index contributed by atoms with van der Waals surface area (Å²) in [7, 11) is 0. The van der Waals surface area contributed by atoms with Crippen LogP contribution in [0.3, 0.4) is 0 Å². The molecule has 2 heterocycles. The molecule has 1 aromatic heterocycles. The molecule has 0 aliphatic carbocycles. The van der Waals surface area contributed by atoms with Crippen LogP contribution < -0.4 is 10.6 Å². The minimum Gasteiger partial charge on any atom is -0.396 e. The zero-order valence-corrected chi connectivity index (χ0v) is 9.74. The van der Waals surface area contributed by atoms with Gasteiger partial charge in [0.15, 0.2) is 0 Å². The van der Waals surface area contributed by atoms with E-state index in [1.807, 2.05) is 11.5 Å². The van der Waals surface area contributed by atoms with E-state index in [-0.39, 0.29) is 0 Å². The van der Waals surface area contributed by atoms with Crippen molar-refractivity contribution in [1.82, 2.24) is 4.57 Å². The van der Waals surface area contributed by atoms with Gasteiger partial charge in [0.25, 0.3) is 0 Å². The summed E-state index contributed by atoms with van der Waals surface area (Å²) >= 11 is 0. The van der Waals surface area contributed by atoms with Gasteiger partial charge in [-0.05, 0) is 32.3 Å². The fourth-order valence-electron chi connectivity index (χ4n) is 2.43. The van der Waals surface area contributed by atoms with Crippen LogP contribution in [0.2, 0.25) is 0 Å². The Morgan fingerprint density at radius 1 is 1.38 bits per heavy atom. The van der Waals surface area contributed by atoms with E-state index in [1.165, 1.54) is 19.3 Å². The number of nitrogen functional groups attached to an aromatic ring is 1. The molecular formula is C12H18N4. The van der Waals surface area contributed by atoms with Crippen LogP contribution in [0.5, 0.6) is 0 Å². The van der Waals surface area contributed by atoms with Gasteiger partial charge in [-0.15, -0.1) is 0 Å². The first-order valence-corrected chi connectivity index (χ1v) is 5.92. The molecule has 0 amide bonds. The monoisotopic (exact) mass is 218 g/mol. The normalized spacial score (nSPS) is 16.1. The van der Waals surface area contributed by atoms with E-state index < -0.39 is 0 Å². The third-order valence-corrected chi connectivity index (χ3v) is 3.18. The lowest BCUT2D eigenvalue weighted by atomic mass is 10.1. The Bertz CT molecular complexity index is 407. The van der Waals surface area contributed by atoms with Gasteiger partial charge in [0.1, 0.15) is 17.6 Å². The molecule has 2 rings (SSSR count). The highest BCUT2D eigenvalue weighted by Crippen LogP contribution is 2.29. The average Bonchev–Trinajstić information content (AvgIpc) is 2.66. The third-order valence-electron chi connectivity index (χ3n) is 3.18. The Kier molecular flexibility index (Phi) is 3.04. The molecule has 0 radical (unpaired) electrons. The van der Waals surface area contributed by atoms with Gasteiger partial charge in [-0.3, -0.25) is 0 Å². The lowest BCUT2D eigenvalue weighted by molar-refractivity contribution is 0.562. The number of hydrogen-bond acceptors (Lipinski definition) is 3. The quantitative estimate of drug-likeness (QED) is 0.825. The minimum absolute atomic E-state index is 0.667. The first kappa shape index (κ1) is 10.9. The lowest BCUT2D eigenvalue weighted by Gasteiger charge is -2.30. The van der Waals surface area contributed by atoms with Crippen LogP contribution >= 0.6 is 0 Å². The third kappa shape index (κ3) is 1.73. The number of piperidine rings is 1. The number of hydrogen-bond donors (Lipinski definition) is 1. The molecule has 1 aliphatic rings. The maximum absolute atomic E-state index is 9.04. The van der Waals surface area contributed by atoms with Gasteiger partial charge in [0.2, 0.25) is 0 Å². The van der Waals surface area contributed by atoms with Crippen molar-refractivity contribution >= 4 is 11.5 Å². The van der Waals surface area contributed by atoms with Crippen molar-refractivity contribution in [3.8, 4) is 6.07 Å². The molecule has 4 nitrogen and oxygen atoms in total. The van der Waals surface area contributed by atoms with E-state index in [4.69, 9.17) is 11.0 Å². The summed E-state index contributed by atoms with van der Waals surface area (Å²) in [5, 5.41) is 9.04. The van der Waals surface area contributed by atoms with Crippen LogP contribution in [0, 0.1) is 11.3 Å². The number of nitrogens with zero attached hydrogens (tertiary/aromatic N) is 3. The van der Waals surface area contributed by atoms with E-state index in [9.17, 15) is 0 Å². The number of anilines is 2. The molecule has 1 fully saturated rings. The van der Waals surface area contributed by atoms with Crippen LogP contribution in [0.25, 0.3) is 0 Å². The predicted molar refractivity (Wildman–Crippen MR) is 65.3 cm³/mol. The van der Waals surface area contributed by atoms with Crippen molar-refractivity contribution in [2.75, 3.05) is 23.7 Å². The highest BCUT2D eigenvalue weighted by atomic mass is 15.3. The zero-order valence-electron chi connectivity index (χ0n) is 9.74. The maximum atomic E-state index is 9.04. The summed E-state index contributed by atoms with van der Waals surface area (Å²) in [6, 6.07) is 3.99. The molecule has 0 saturated carbocycles. The molecule has 16 heavy (non-hydrogen) atoms. The second-order valence-corrected chi connectivity index (χ2v) is 4.21. The average molecular weight is 218 g/mol. The highest BCUT2D eigenvalue weighted by molar-refractivity contribution is 5.68. The standard InChI is InChI=1S/C12H18N4/c1-2-16-10(9-13)8-11(14)12(16)15-6-4-3-5-7-15/h8H,2-7,14H2,1H3. The van der Waals surface area contributed by atoms with Gasteiger partial charge in [-0.25, -0.2) is 0 Å². The van der Waals surface area contributed by atoms with Crippen molar-refractivity contribution < 1.29 is 0 Å². The zero-order chi connectivity index (χ0) is 11.5. The number of aromatic nitrogens is 1. The Labute approximate surface area is 96.3 Å². The van der Waals surface area contributed by atoms with Crippen molar-refractivity contribution in [3.05, 3.63) is 11.8 Å². The maximum Gasteiger partial charge on any atom is 0.133 e. The van der Waals surface area contributed by atoms with Gasteiger partial charge >= 0.3 is 0 Å². The largest absolute Gasteiger partial charge is 0.396 e. The first-order valence-electron chi connectivity index (χ1n) is 5.92. The molecule has 1 aromatic rings. The van der Waals surface area contributed by atoms with Crippen LogP contribution in [0.1, 0.15) is 31.9 Å². The molecule has 1 aliphatic heterocycles. The number of rotatable bonds is 2. The highest BCUT2D eigenvalue weighted by Gasteiger charge is 2.19. The van der Waals surface area contributed by atoms with Crippen molar-refractivity contribution in [2.24, 2.45) is 0 Å². The van der Waals surface area contributed by atoms with Gasteiger partial charge in [-0.2, -0.15) is 5.26 Å². The van der Waals surface area contributed by atoms with Crippen molar-refractivity contribution in [2.45, 2.75) is 32.7 Å². The van der Waals surface area contributed by atoms with Crippen molar-refractivity contribution in [3.63, 3.8) is 0 Å². The minimum atomic E-state index is 0.667. The lowest BCUT2D eigenvalue weighted by Crippen LogP contribution is -2.31. The molecule has 0 spiro atoms. The summed E-state index contributed by atoms with van der Waals surface area (Å²) in [4.78, 5) is 2.31. The summed E-state index contributed by atoms with van der Waals surface area (Å²) in [6.07, 6.45) is 3.74. The predicted octanol–water partition coefficient (Wildman–Crippen LogP) is 1.95. The number of nitrogens with two attached hydrogens (primary N) is 1. The Balaban J connectivity index is 2.38. The molecular weight excluding hydrogens is 200 g/mol. The van der Waals surface area contributed by atoms with Gasteiger partial charge < -0.3 is 15.2 Å². The SMILES string of the molecule is CCn1c(C#N)cc(N)c1N1CCCCC1. The Morgan fingerprint density at radius 2 is 2.06 bits per heavy atom. The van der Waals surface area contributed by atoms with E-state index >= 15 is 0 Å². The van der Waals surface area contributed by atoms with Crippen molar-refractivity contribution in [1.29, 1.82) is 5.26 Å². The van der Waals surface area contributed by atoms with E-state index in [0.717, 1.165) is 31.1 Å². The summed E-state index contributed by atoms with van der Waals surface area (Å²) in [5.41, 5.74) is 7.41. The molecule has 0 unspecified atom stereocenters. The Morgan fingerprint density at radius 3 is 2.62 bits per heavy atom. The summed E-state index contributed by atoms with van der Waals surface area (Å²) in [5.74, 6) is 1.04. The fourth-order valence-corrected chi connectivity index (χ4v) is 2.43. The second-order valence-electron chi connectivity index (χ2n) is 4.21. The molecule has 0 bridgehead atoms. The smallest absolute Gasteiger partial charge is 0.133 e. The first-order chi connectivity index (χ1) is 7.77. The summed E-state index contributed by atoms with van der Waals surface area (Å²) < 4.78 is 2.01. The van der Waals surface area contributed by atoms with Gasteiger partial charge in [0.05, 0.1) is 5.69 Å². The van der Waals surface area contributed by atoms with Gasteiger partial charge in [-0.1, -0.05) is 0 Å². The topological polar surface area (TPSA) is 58.0 Å². The van der Waals surface area contributed by atoms with Crippen LogP contribution in [0.15, 0.2) is 6.07 Å². The van der Waals surface area contributed by atoms with Gasteiger partial charge in [0, 0.05) is 19.6 Å².